The Kier molecular flexibility index (Phi) is 2.88. The Labute approximate surface area is 140 Å². The zero-order chi connectivity index (χ0) is 16.6. The first-order valence-corrected chi connectivity index (χ1v) is 12.2. The van der Waals surface area contributed by atoms with E-state index in [-0.39, 0.29) is 5.41 Å². The fraction of sp³-hybridized carbons (Fsp3) is 0.429. The third-order valence-corrected chi connectivity index (χ3v) is 9.25. The fourth-order valence-corrected chi connectivity index (χ4v) is 9.28. The van der Waals surface area contributed by atoms with E-state index in [1.54, 1.807) is 0 Å². The van der Waals surface area contributed by atoms with Gasteiger partial charge >= 0.3 is 0 Å². The van der Waals surface area contributed by atoms with E-state index in [9.17, 15) is 5.11 Å². The van der Waals surface area contributed by atoms with Crippen LogP contribution in [0.25, 0.3) is 0 Å². The van der Waals surface area contributed by atoms with Crippen molar-refractivity contribution in [2.45, 2.75) is 50.5 Å². The molecule has 0 radical (unpaired) electrons. The summed E-state index contributed by atoms with van der Waals surface area (Å²) < 4.78 is 0. The molecule has 0 saturated heterocycles. The van der Waals surface area contributed by atoms with Crippen LogP contribution in [0.1, 0.15) is 35.1 Å². The summed E-state index contributed by atoms with van der Waals surface area (Å²) in [5.74, 6) is 0.509. The maximum absolute atomic E-state index is 12.1. The van der Waals surface area contributed by atoms with Gasteiger partial charge in [0.05, 0.1) is 0 Å². The lowest BCUT2D eigenvalue weighted by molar-refractivity contribution is 0.0156. The molecule has 0 aromatic heterocycles. The summed E-state index contributed by atoms with van der Waals surface area (Å²) in [6.07, 6.45) is 0. The van der Waals surface area contributed by atoms with Crippen molar-refractivity contribution in [2.24, 2.45) is 5.41 Å². The molecule has 2 aliphatic carbocycles. The molecule has 2 aromatic carbocycles. The molecule has 0 heterocycles. The highest BCUT2D eigenvalue weighted by Gasteiger charge is 2.79. The molecule has 2 aliphatic rings. The minimum absolute atomic E-state index is 0.0622. The predicted molar refractivity (Wildman–Crippen MR) is 98.6 cm³/mol. The molecule has 0 amide bonds. The van der Waals surface area contributed by atoms with Gasteiger partial charge in [0.2, 0.25) is 0 Å². The van der Waals surface area contributed by atoms with Crippen molar-refractivity contribution in [2.75, 3.05) is 0 Å². The maximum atomic E-state index is 12.1. The van der Waals surface area contributed by atoms with Crippen LogP contribution in [0.15, 0.2) is 48.5 Å². The summed E-state index contributed by atoms with van der Waals surface area (Å²) in [4.78, 5) is 0. The van der Waals surface area contributed by atoms with Crippen molar-refractivity contribution in [3.63, 3.8) is 0 Å². The molecule has 120 valence electrons. The van der Waals surface area contributed by atoms with Gasteiger partial charge in [0.15, 0.2) is 0 Å². The minimum Gasteiger partial charge on any atom is -0.380 e. The van der Waals surface area contributed by atoms with E-state index in [0.29, 0.717) is 11.5 Å². The topological polar surface area (TPSA) is 20.2 Å². The van der Waals surface area contributed by atoms with Gasteiger partial charge < -0.3 is 5.11 Å². The van der Waals surface area contributed by atoms with Gasteiger partial charge in [-0.3, -0.25) is 0 Å². The molecular formula is C21H26OSi. The van der Waals surface area contributed by atoms with Gasteiger partial charge in [-0.25, -0.2) is 0 Å². The summed E-state index contributed by atoms with van der Waals surface area (Å²) >= 11 is 0. The van der Waals surface area contributed by atoms with Crippen molar-refractivity contribution < 1.29 is 5.11 Å². The number of benzene rings is 2. The van der Waals surface area contributed by atoms with Crippen LogP contribution in [0.5, 0.6) is 0 Å². The van der Waals surface area contributed by atoms with Gasteiger partial charge in [-0.2, -0.15) is 0 Å². The zero-order valence-electron chi connectivity index (χ0n) is 14.7. The van der Waals surface area contributed by atoms with Crippen LogP contribution in [-0.2, 0) is 5.60 Å². The Morgan fingerprint density at radius 3 is 2.09 bits per heavy atom. The van der Waals surface area contributed by atoms with E-state index < -0.39 is 13.7 Å². The highest BCUT2D eigenvalue weighted by Crippen LogP contribution is 2.84. The van der Waals surface area contributed by atoms with E-state index in [2.05, 4.69) is 82.0 Å². The molecule has 1 N–H and O–H groups in total. The minimum atomic E-state index is -1.36. The second-order valence-electron chi connectivity index (χ2n) is 8.72. The van der Waals surface area contributed by atoms with Crippen molar-refractivity contribution >= 4 is 8.07 Å². The van der Waals surface area contributed by atoms with Crippen LogP contribution in [-0.4, -0.2) is 13.2 Å². The fourth-order valence-electron chi connectivity index (χ4n) is 5.67. The number of rotatable bonds is 2. The Morgan fingerprint density at radius 2 is 1.48 bits per heavy atom. The first-order valence-electron chi connectivity index (χ1n) is 8.62. The van der Waals surface area contributed by atoms with E-state index in [1.807, 2.05) is 0 Å². The van der Waals surface area contributed by atoms with Crippen LogP contribution in [0, 0.1) is 12.3 Å². The highest BCUT2D eigenvalue weighted by molar-refractivity contribution is 6.79. The summed E-state index contributed by atoms with van der Waals surface area (Å²) in [5, 5.41) is 12.1. The van der Waals surface area contributed by atoms with Crippen LogP contribution in [0.2, 0.25) is 25.2 Å². The quantitative estimate of drug-likeness (QED) is 0.767. The monoisotopic (exact) mass is 322 g/mol. The van der Waals surface area contributed by atoms with Crippen molar-refractivity contribution in [1.29, 1.82) is 0 Å². The largest absolute Gasteiger partial charge is 0.380 e. The van der Waals surface area contributed by atoms with Gasteiger partial charge in [-0.05, 0) is 40.6 Å². The lowest BCUT2D eigenvalue weighted by atomic mass is 9.75. The van der Waals surface area contributed by atoms with Crippen molar-refractivity contribution in [3.8, 4) is 0 Å². The average Bonchev–Trinajstić information content (AvgIpc) is 3.10. The summed E-state index contributed by atoms with van der Waals surface area (Å²) in [7, 11) is -1.36. The second kappa shape index (κ2) is 4.37. The Balaban J connectivity index is 2.01. The first-order chi connectivity index (χ1) is 10.7. The Morgan fingerprint density at radius 1 is 0.913 bits per heavy atom. The van der Waals surface area contributed by atoms with Crippen molar-refractivity contribution in [3.05, 3.63) is 70.8 Å². The van der Waals surface area contributed by atoms with Crippen LogP contribution >= 0.6 is 0 Å². The molecule has 4 rings (SSSR count). The summed E-state index contributed by atoms with van der Waals surface area (Å²) in [5.41, 5.74) is 4.52. The normalized spacial score (nSPS) is 34.9. The molecule has 1 saturated carbocycles. The third-order valence-electron chi connectivity index (χ3n) is 6.45. The SMILES string of the molecule is Cc1ccccc1[C@@]1(O)c2ccccc2[C@@H]2[C@@H]([Si](C)(C)C)[C@@]21C. The number of hydrogen-bond acceptors (Lipinski definition) is 1. The van der Waals surface area contributed by atoms with Crippen LogP contribution in [0.4, 0.5) is 0 Å². The second-order valence-corrected chi connectivity index (χ2v) is 14.1. The first kappa shape index (κ1) is 15.2. The molecule has 1 fully saturated rings. The van der Waals surface area contributed by atoms with E-state index >= 15 is 0 Å². The lowest BCUT2D eigenvalue weighted by Gasteiger charge is -2.38. The third kappa shape index (κ3) is 1.66. The highest BCUT2D eigenvalue weighted by atomic mass is 28.3. The number of hydrogen-bond donors (Lipinski definition) is 1. The molecule has 0 bridgehead atoms. The van der Waals surface area contributed by atoms with E-state index in [1.165, 1.54) is 11.1 Å². The molecule has 0 aliphatic heterocycles. The van der Waals surface area contributed by atoms with Crippen LogP contribution < -0.4 is 0 Å². The van der Waals surface area contributed by atoms with Crippen molar-refractivity contribution in [1.82, 2.24) is 0 Å². The molecule has 2 heteroatoms. The zero-order valence-corrected chi connectivity index (χ0v) is 15.7. The van der Waals surface area contributed by atoms with Gasteiger partial charge in [0.1, 0.15) is 5.60 Å². The smallest absolute Gasteiger partial charge is 0.121 e. The summed E-state index contributed by atoms with van der Waals surface area (Å²) in [6, 6.07) is 17.0. The molecule has 0 unspecified atom stereocenters. The predicted octanol–water partition coefficient (Wildman–Crippen LogP) is 5.06. The number of aryl methyl sites for hydroxylation is 1. The Bertz CT molecular complexity index is 790. The van der Waals surface area contributed by atoms with Gasteiger partial charge in [0.25, 0.3) is 0 Å². The molecule has 23 heavy (non-hydrogen) atoms. The number of fused-ring (bicyclic) bond motifs is 3. The molecule has 2 aromatic rings. The van der Waals surface area contributed by atoms with Crippen LogP contribution in [0.3, 0.4) is 0 Å². The Hall–Kier alpha value is -1.38. The summed E-state index contributed by atoms with van der Waals surface area (Å²) in [6.45, 7) is 11.8. The maximum Gasteiger partial charge on any atom is 0.121 e. The molecule has 0 spiro atoms. The molecule has 4 atom stereocenters. The van der Waals surface area contributed by atoms with Gasteiger partial charge in [0, 0.05) is 13.5 Å². The molecule has 1 nitrogen and oxygen atoms in total. The van der Waals surface area contributed by atoms with E-state index in [4.69, 9.17) is 0 Å². The lowest BCUT2D eigenvalue weighted by Crippen LogP contribution is -2.39. The van der Waals surface area contributed by atoms with E-state index in [0.717, 1.165) is 11.1 Å². The molecular weight excluding hydrogens is 296 g/mol. The van der Waals surface area contributed by atoms with Gasteiger partial charge in [-0.15, -0.1) is 0 Å². The standard InChI is InChI=1S/C21H26OSi/c1-14-10-6-8-12-16(14)21(22)17-13-9-7-11-15(17)18-19(20(18,21)2)23(3,4)5/h6-13,18-19,22H,1-5H3/t18-,19-,20-,21-/m1/s1. The van der Waals surface area contributed by atoms with Gasteiger partial charge in [-0.1, -0.05) is 75.1 Å². The number of aliphatic hydroxyl groups is 1. The average molecular weight is 323 g/mol.